The number of hydrogen-bond acceptors (Lipinski definition) is 2. The second-order valence-corrected chi connectivity index (χ2v) is 6.68. The number of anilines is 1. The van der Waals surface area contributed by atoms with E-state index in [-0.39, 0.29) is 17.3 Å². The third kappa shape index (κ3) is 2.89. The molecule has 1 N–H and O–H groups in total. The molecule has 0 fully saturated rings. The standard InChI is InChI=1S/C20H15F3N2O2/c1-11-8-12-4-2-7-15-17(12)25(11)10-16(18(15)26)19(27)24-14-6-3-5-13(9-14)20(21,22)23/h2-7,9-11H,8H2,1H3,(H,24,27)/t11-/m0/s1. The molecule has 0 aliphatic carbocycles. The highest BCUT2D eigenvalue weighted by Gasteiger charge is 2.30. The maximum absolute atomic E-state index is 12.8. The second kappa shape index (κ2) is 5.97. The number of carbonyl (C=O) groups excluding carboxylic acids is 1. The Morgan fingerprint density at radius 1 is 1.19 bits per heavy atom. The maximum atomic E-state index is 12.8. The number of hydrogen-bond donors (Lipinski definition) is 1. The molecule has 1 aliphatic rings. The molecule has 0 saturated carbocycles. The van der Waals surface area contributed by atoms with Crippen molar-refractivity contribution in [2.75, 3.05) is 5.32 Å². The first-order valence-electron chi connectivity index (χ1n) is 8.41. The van der Waals surface area contributed by atoms with E-state index < -0.39 is 23.1 Å². The summed E-state index contributed by atoms with van der Waals surface area (Å²) in [5, 5.41) is 2.85. The quantitative estimate of drug-likeness (QED) is 0.725. The zero-order chi connectivity index (χ0) is 19.3. The van der Waals surface area contributed by atoms with Crippen LogP contribution in [0, 0.1) is 0 Å². The van der Waals surface area contributed by atoms with Crippen LogP contribution in [-0.4, -0.2) is 10.5 Å². The van der Waals surface area contributed by atoms with E-state index in [9.17, 15) is 22.8 Å². The number of halogens is 3. The number of amides is 1. The van der Waals surface area contributed by atoms with Gasteiger partial charge in [-0.3, -0.25) is 9.59 Å². The van der Waals surface area contributed by atoms with Gasteiger partial charge in [0.2, 0.25) is 5.43 Å². The van der Waals surface area contributed by atoms with E-state index in [1.54, 1.807) is 12.1 Å². The highest BCUT2D eigenvalue weighted by atomic mass is 19.4. The molecule has 0 unspecified atom stereocenters. The number of alkyl halides is 3. The van der Waals surface area contributed by atoms with Gasteiger partial charge in [-0.15, -0.1) is 0 Å². The van der Waals surface area contributed by atoms with Crippen LogP contribution >= 0.6 is 0 Å². The minimum Gasteiger partial charge on any atom is -0.343 e. The van der Waals surface area contributed by atoms with Crippen molar-refractivity contribution in [3.05, 3.63) is 75.6 Å². The minimum atomic E-state index is -4.51. The first-order valence-corrected chi connectivity index (χ1v) is 8.41. The van der Waals surface area contributed by atoms with Gasteiger partial charge in [-0.2, -0.15) is 13.2 Å². The third-order valence-corrected chi connectivity index (χ3v) is 4.82. The van der Waals surface area contributed by atoms with Gasteiger partial charge in [0.25, 0.3) is 5.91 Å². The summed E-state index contributed by atoms with van der Waals surface area (Å²) in [4.78, 5) is 25.4. The van der Waals surface area contributed by atoms with Crippen molar-refractivity contribution in [1.82, 2.24) is 4.57 Å². The fourth-order valence-electron chi connectivity index (χ4n) is 3.55. The Labute approximate surface area is 152 Å². The minimum absolute atomic E-state index is 0.0162. The molecule has 0 radical (unpaired) electrons. The molecule has 4 rings (SSSR count). The molecule has 0 bridgehead atoms. The average molecular weight is 372 g/mol. The second-order valence-electron chi connectivity index (χ2n) is 6.68. The fraction of sp³-hybridized carbons (Fsp3) is 0.200. The molecule has 1 atom stereocenters. The number of pyridine rings is 1. The number of carbonyl (C=O) groups is 1. The topological polar surface area (TPSA) is 51.1 Å². The molecule has 138 valence electrons. The van der Waals surface area contributed by atoms with Gasteiger partial charge in [-0.25, -0.2) is 0 Å². The molecular weight excluding hydrogens is 357 g/mol. The molecule has 0 saturated heterocycles. The van der Waals surface area contributed by atoms with E-state index >= 15 is 0 Å². The molecule has 3 aromatic rings. The van der Waals surface area contributed by atoms with Gasteiger partial charge >= 0.3 is 6.18 Å². The van der Waals surface area contributed by atoms with Crippen LogP contribution in [0.1, 0.15) is 34.5 Å². The highest BCUT2D eigenvalue weighted by molar-refractivity contribution is 6.06. The number of benzene rings is 2. The normalized spacial score (nSPS) is 15.9. The molecule has 2 aromatic carbocycles. The Kier molecular flexibility index (Phi) is 3.83. The first kappa shape index (κ1) is 17.3. The van der Waals surface area contributed by atoms with E-state index in [4.69, 9.17) is 0 Å². The van der Waals surface area contributed by atoms with Crippen molar-refractivity contribution in [2.45, 2.75) is 25.6 Å². The third-order valence-electron chi connectivity index (χ3n) is 4.82. The molecule has 1 aliphatic heterocycles. The van der Waals surface area contributed by atoms with Crippen molar-refractivity contribution in [3.63, 3.8) is 0 Å². The van der Waals surface area contributed by atoms with Crippen molar-refractivity contribution < 1.29 is 18.0 Å². The van der Waals surface area contributed by atoms with Gasteiger partial charge in [0.15, 0.2) is 0 Å². The van der Waals surface area contributed by atoms with Gasteiger partial charge in [0.1, 0.15) is 5.56 Å². The van der Waals surface area contributed by atoms with Crippen molar-refractivity contribution in [3.8, 4) is 0 Å². The van der Waals surface area contributed by atoms with Crippen LogP contribution in [0.3, 0.4) is 0 Å². The molecule has 7 heteroatoms. The van der Waals surface area contributed by atoms with Crippen LogP contribution in [0.5, 0.6) is 0 Å². The van der Waals surface area contributed by atoms with Crippen LogP contribution in [0.25, 0.3) is 10.9 Å². The summed E-state index contributed by atoms with van der Waals surface area (Å²) >= 11 is 0. The highest BCUT2D eigenvalue weighted by Crippen LogP contribution is 2.32. The summed E-state index contributed by atoms with van der Waals surface area (Å²) in [5.41, 5.74) is 0.449. The number of nitrogens with one attached hydrogen (secondary N) is 1. The number of aromatic nitrogens is 1. The number of rotatable bonds is 2. The predicted octanol–water partition coefficient (Wildman–Crippen LogP) is 4.39. The van der Waals surface area contributed by atoms with Crippen molar-refractivity contribution >= 4 is 22.5 Å². The van der Waals surface area contributed by atoms with Crippen LogP contribution in [-0.2, 0) is 12.6 Å². The Morgan fingerprint density at radius 2 is 1.93 bits per heavy atom. The van der Waals surface area contributed by atoms with E-state index in [0.717, 1.165) is 29.6 Å². The average Bonchev–Trinajstić information content (AvgIpc) is 2.93. The van der Waals surface area contributed by atoms with Crippen LogP contribution in [0.2, 0.25) is 0 Å². The summed E-state index contributed by atoms with van der Waals surface area (Å²) < 4.78 is 40.4. The summed E-state index contributed by atoms with van der Waals surface area (Å²) in [6, 6.07) is 9.80. The molecule has 27 heavy (non-hydrogen) atoms. The lowest BCUT2D eigenvalue weighted by Gasteiger charge is -2.13. The molecule has 1 aromatic heterocycles. The fourth-order valence-corrected chi connectivity index (χ4v) is 3.55. The van der Waals surface area contributed by atoms with Crippen LogP contribution < -0.4 is 10.7 Å². The summed E-state index contributed by atoms with van der Waals surface area (Å²) in [6.07, 6.45) is -2.26. The Balaban J connectivity index is 1.75. The van der Waals surface area contributed by atoms with E-state index in [1.807, 2.05) is 17.6 Å². The maximum Gasteiger partial charge on any atom is 0.416 e. The molecule has 4 nitrogen and oxygen atoms in total. The summed E-state index contributed by atoms with van der Waals surface area (Å²) in [6.45, 7) is 1.98. The molecule has 2 heterocycles. The van der Waals surface area contributed by atoms with Crippen molar-refractivity contribution in [2.24, 2.45) is 0 Å². The van der Waals surface area contributed by atoms with Gasteiger partial charge in [-0.1, -0.05) is 18.2 Å². The number of nitrogens with zero attached hydrogens (tertiary/aromatic N) is 1. The Morgan fingerprint density at radius 3 is 2.67 bits per heavy atom. The monoisotopic (exact) mass is 372 g/mol. The smallest absolute Gasteiger partial charge is 0.343 e. The van der Waals surface area contributed by atoms with Gasteiger partial charge in [0.05, 0.1) is 11.1 Å². The van der Waals surface area contributed by atoms with E-state index in [0.29, 0.717) is 5.39 Å². The lowest BCUT2D eigenvalue weighted by Crippen LogP contribution is -2.24. The summed E-state index contributed by atoms with van der Waals surface area (Å²) in [7, 11) is 0. The van der Waals surface area contributed by atoms with Crippen LogP contribution in [0.15, 0.2) is 53.5 Å². The molecular formula is C20H15F3N2O2. The summed E-state index contributed by atoms with van der Waals surface area (Å²) in [5.74, 6) is -0.727. The van der Waals surface area contributed by atoms with Crippen LogP contribution in [0.4, 0.5) is 18.9 Å². The predicted molar refractivity (Wildman–Crippen MR) is 96.0 cm³/mol. The largest absolute Gasteiger partial charge is 0.416 e. The Hall–Kier alpha value is -3.09. The Bertz CT molecular complexity index is 1130. The zero-order valence-electron chi connectivity index (χ0n) is 14.3. The van der Waals surface area contributed by atoms with Crippen molar-refractivity contribution in [1.29, 1.82) is 0 Å². The van der Waals surface area contributed by atoms with E-state index in [2.05, 4.69) is 5.32 Å². The first-order chi connectivity index (χ1) is 12.8. The lowest BCUT2D eigenvalue weighted by molar-refractivity contribution is -0.137. The molecule has 1 amide bonds. The lowest BCUT2D eigenvalue weighted by atomic mass is 10.1. The zero-order valence-corrected chi connectivity index (χ0v) is 14.3. The van der Waals surface area contributed by atoms with E-state index in [1.165, 1.54) is 18.3 Å². The van der Waals surface area contributed by atoms with Gasteiger partial charge < -0.3 is 9.88 Å². The molecule has 0 spiro atoms. The SMILES string of the molecule is C[C@H]1Cc2cccc3c(=O)c(C(=O)Nc4cccc(C(F)(F)F)c4)cn1c23. The van der Waals surface area contributed by atoms with Gasteiger partial charge in [-0.05, 0) is 43.2 Å². The number of para-hydroxylation sites is 1. The van der Waals surface area contributed by atoms with Gasteiger partial charge in [0, 0.05) is 23.3 Å².